The Morgan fingerprint density at radius 2 is 2.07 bits per heavy atom. The highest BCUT2D eigenvalue weighted by Gasteiger charge is 2.30. The molecule has 1 N–H and O–H groups in total. The lowest BCUT2D eigenvalue weighted by molar-refractivity contribution is -0.146. The molecule has 4 heteroatoms. The third kappa shape index (κ3) is 1.48. The summed E-state index contributed by atoms with van der Waals surface area (Å²) in [6, 6.07) is 7.57. The van der Waals surface area contributed by atoms with Crippen molar-refractivity contribution in [2.45, 2.75) is 19.4 Å². The van der Waals surface area contributed by atoms with Crippen molar-refractivity contribution in [3.63, 3.8) is 0 Å². The third-order valence-corrected chi connectivity index (χ3v) is 2.51. The molecule has 0 aliphatic heterocycles. The molecule has 0 aliphatic carbocycles. The molecular weight excluding hydrogens is 192 g/mol. The van der Waals surface area contributed by atoms with E-state index >= 15 is 0 Å². The van der Waals surface area contributed by atoms with Gasteiger partial charge in [-0.2, -0.15) is 5.10 Å². The van der Waals surface area contributed by atoms with Gasteiger partial charge < -0.3 is 5.11 Å². The van der Waals surface area contributed by atoms with Crippen molar-refractivity contribution >= 4 is 16.9 Å². The molecule has 0 spiro atoms. The van der Waals surface area contributed by atoms with E-state index in [1.165, 1.54) is 4.68 Å². The first-order valence-electron chi connectivity index (χ1n) is 4.70. The SMILES string of the molecule is CC(C)(C(=O)O)n1cc2ccccc2n1. The first-order valence-corrected chi connectivity index (χ1v) is 4.70. The maximum Gasteiger partial charge on any atom is 0.331 e. The zero-order valence-corrected chi connectivity index (χ0v) is 8.64. The Kier molecular flexibility index (Phi) is 2.00. The number of rotatable bonds is 2. The van der Waals surface area contributed by atoms with Crippen LogP contribution in [0.15, 0.2) is 30.5 Å². The summed E-state index contributed by atoms with van der Waals surface area (Å²) in [5.74, 6) is -0.893. The smallest absolute Gasteiger partial charge is 0.331 e. The van der Waals surface area contributed by atoms with Crippen LogP contribution in [0.1, 0.15) is 13.8 Å². The van der Waals surface area contributed by atoms with Crippen molar-refractivity contribution in [1.82, 2.24) is 9.78 Å². The molecule has 0 bridgehead atoms. The zero-order valence-electron chi connectivity index (χ0n) is 8.64. The Labute approximate surface area is 87.1 Å². The minimum atomic E-state index is -1.01. The second-order valence-corrected chi connectivity index (χ2v) is 4.00. The fraction of sp³-hybridized carbons (Fsp3) is 0.273. The van der Waals surface area contributed by atoms with E-state index in [1.807, 2.05) is 24.3 Å². The van der Waals surface area contributed by atoms with Crippen LogP contribution >= 0.6 is 0 Å². The molecule has 4 nitrogen and oxygen atoms in total. The van der Waals surface area contributed by atoms with E-state index in [0.29, 0.717) is 0 Å². The molecule has 2 rings (SSSR count). The van der Waals surface area contributed by atoms with Crippen molar-refractivity contribution in [3.8, 4) is 0 Å². The van der Waals surface area contributed by atoms with Gasteiger partial charge in [0.2, 0.25) is 0 Å². The number of aromatic nitrogens is 2. The summed E-state index contributed by atoms with van der Waals surface area (Å²) < 4.78 is 1.49. The molecule has 78 valence electrons. The van der Waals surface area contributed by atoms with Crippen molar-refractivity contribution in [2.24, 2.45) is 0 Å². The summed E-state index contributed by atoms with van der Waals surface area (Å²) in [5.41, 5.74) is -0.203. The summed E-state index contributed by atoms with van der Waals surface area (Å²) in [4.78, 5) is 11.0. The zero-order chi connectivity index (χ0) is 11.1. The highest BCUT2D eigenvalue weighted by Crippen LogP contribution is 2.19. The minimum absolute atomic E-state index is 0.812. The number of nitrogens with zero attached hydrogens (tertiary/aromatic N) is 2. The maximum atomic E-state index is 11.0. The first-order chi connectivity index (χ1) is 7.01. The van der Waals surface area contributed by atoms with Gasteiger partial charge in [0.15, 0.2) is 5.54 Å². The molecule has 0 amide bonds. The predicted molar refractivity (Wildman–Crippen MR) is 56.7 cm³/mol. The van der Waals surface area contributed by atoms with E-state index in [1.54, 1.807) is 20.0 Å². The van der Waals surface area contributed by atoms with E-state index in [2.05, 4.69) is 5.10 Å². The molecule has 1 aromatic heterocycles. The largest absolute Gasteiger partial charge is 0.479 e. The number of hydrogen-bond donors (Lipinski definition) is 1. The number of benzene rings is 1. The van der Waals surface area contributed by atoms with Crippen LogP contribution in [0.25, 0.3) is 10.9 Å². The van der Waals surface area contributed by atoms with Gasteiger partial charge in [-0.25, -0.2) is 4.79 Å². The summed E-state index contributed by atoms with van der Waals surface area (Å²) in [5, 5.41) is 14.3. The van der Waals surface area contributed by atoms with Crippen LogP contribution in [-0.2, 0) is 10.3 Å². The molecule has 0 saturated heterocycles. The Balaban J connectivity index is 2.58. The van der Waals surface area contributed by atoms with Crippen LogP contribution < -0.4 is 0 Å². The van der Waals surface area contributed by atoms with Crippen LogP contribution in [0.2, 0.25) is 0 Å². The number of carboxylic acid groups (broad SMARTS) is 1. The summed E-state index contributed by atoms with van der Waals surface area (Å²) in [6.45, 7) is 3.25. The van der Waals surface area contributed by atoms with Gasteiger partial charge in [-0.3, -0.25) is 4.68 Å². The van der Waals surface area contributed by atoms with E-state index in [9.17, 15) is 4.79 Å². The Morgan fingerprint density at radius 1 is 1.40 bits per heavy atom. The number of aliphatic carboxylic acids is 1. The van der Waals surface area contributed by atoms with Gasteiger partial charge in [0.1, 0.15) is 0 Å². The molecule has 2 aromatic rings. The van der Waals surface area contributed by atoms with Crippen molar-refractivity contribution < 1.29 is 9.90 Å². The van der Waals surface area contributed by atoms with Crippen LogP contribution in [0.5, 0.6) is 0 Å². The van der Waals surface area contributed by atoms with Crippen LogP contribution in [-0.4, -0.2) is 20.9 Å². The predicted octanol–water partition coefficient (Wildman–Crippen LogP) is 1.86. The van der Waals surface area contributed by atoms with Crippen molar-refractivity contribution in [1.29, 1.82) is 0 Å². The summed E-state index contributed by atoms with van der Waals surface area (Å²) in [7, 11) is 0. The Bertz CT molecular complexity index is 481. The fourth-order valence-corrected chi connectivity index (χ4v) is 1.35. The van der Waals surface area contributed by atoms with Gasteiger partial charge in [0, 0.05) is 11.6 Å². The van der Waals surface area contributed by atoms with E-state index in [-0.39, 0.29) is 0 Å². The normalized spacial score (nSPS) is 11.9. The monoisotopic (exact) mass is 204 g/mol. The third-order valence-electron chi connectivity index (χ3n) is 2.51. The lowest BCUT2D eigenvalue weighted by Crippen LogP contribution is -2.35. The van der Waals surface area contributed by atoms with Crippen LogP contribution in [0, 0.1) is 0 Å². The van der Waals surface area contributed by atoms with Gasteiger partial charge in [-0.15, -0.1) is 0 Å². The van der Waals surface area contributed by atoms with Gasteiger partial charge in [-0.05, 0) is 19.9 Å². The number of fused-ring (bicyclic) bond motifs is 1. The summed E-state index contributed by atoms with van der Waals surface area (Å²) >= 11 is 0. The molecule has 0 unspecified atom stereocenters. The van der Waals surface area contributed by atoms with E-state index in [4.69, 9.17) is 5.11 Å². The standard InChI is InChI=1S/C11H12N2O2/c1-11(2,10(14)15)13-7-8-5-3-4-6-9(8)12-13/h3-7H,1-2H3,(H,14,15). The second kappa shape index (κ2) is 3.08. The molecule has 0 aliphatic rings. The second-order valence-electron chi connectivity index (χ2n) is 4.00. The first kappa shape index (κ1) is 9.71. The molecule has 15 heavy (non-hydrogen) atoms. The van der Waals surface area contributed by atoms with Crippen molar-refractivity contribution in [2.75, 3.05) is 0 Å². The number of hydrogen-bond acceptors (Lipinski definition) is 2. The average Bonchev–Trinajstić information content (AvgIpc) is 2.61. The van der Waals surface area contributed by atoms with Gasteiger partial charge in [-0.1, -0.05) is 18.2 Å². The topological polar surface area (TPSA) is 55.1 Å². The lowest BCUT2D eigenvalue weighted by atomic mass is 10.1. The molecule has 1 aromatic carbocycles. The molecule has 0 saturated carbocycles. The molecule has 0 atom stereocenters. The van der Waals surface area contributed by atoms with Gasteiger partial charge >= 0.3 is 5.97 Å². The Morgan fingerprint density at radius 3 is 2.67 bits per heavy atom. The van der Waals surface area contributed by atoms with Gasteiger partial charge in [0.05, 0.1) is 5.52 Å². The molecular formula is C11H12N2O2. The van der Waals surface area contributed by atoms with E-state index in [0.717, 1.165) is 10.9 Å². The number of carbonyl (C=O) groups is 1. The Hall–Kier alpha value is -1.84. The maximum absolute atomic E-state index is 11.0. The quantitative estimate of drug-likeness (QED) is 0.812. The molecule has 1 heterocycles. The lowest BCUT2D eigenvalue weighted by Gasteiger charge is -2.19. The van der Waals surface area contributed by atoms with E-state index < -0.39 is 11.5 Å². The highest BCUT2D eigenvalue weighted by molar-refractivity contribution is 5.80. The molecule has 0 radical (unpaired) electrons. The summed E-state index contributed by atoms with van der Waals surface area (Å²) in [6.07, 6.45) is 1.75. The van der Waals surface area contributed by atoms with Crippen LogP contribution in [0.4, 0.5) is 0 Å². The van der Waals surface area contributed by atoms with Crippen molar-refractivity contribution in [3.05, 3.63) is 30.5 Å². The fourth-order valence-electron chi connectivity index (χ4n) is 1.35. The average molecular weight is 204 g/mol. The minimum Gasteiger partial charge on any atom is -0.479 e. The van der Waals surface area contributed by atoms with Crippen LogP contribution in [0.3, 0.4) is 0 Å². The van der Waals surface area contributed by atoms with Gasteiger partial charge in [0.25, 0.3) is 0 Å². The molecule has 0 fully saturated rings. The highest BCUT2D eigenvalue weighted by atomic mass is 16.4. The number of carboxylic acids is 1.